The van der Waals surface area contributed by atoms with Crippen LogP contribution in [0.15, 0.2) is 11.4 Å². The maximum Gasteiger partial charge on any atom is -0.0202 e. The summed E-state index contributed by atoms with van der Waals surface area (Å²) >= 11 is 6.00. The van der Waals surface area contributed by atoms with Crippen LogP contribution >= 0.6 is 6.04 Å². The molecule has 0 saturated heterocycles. The van der Waals surface area contributed by atoms with Crippen LogP contribution < -0.4 is 0 Å². The SMILES string of the molecule is CCCCCCCC/C=C(\C)P(=S)(CCC)CCC. The van der Waals surface area contributed by atoms with Crippen LogP contribution in [0.3, 0.4) is 0 Å². The van der Waals surface area contributed by atoms with Gasteiger partial charge >= 0.3 is 0 Å². The molecule has 0 aromatic carbocycles. The van der Waals surface area contributed by atoms with E-state index in [1.54, 1.807) is 5.31 Å². The minimum atomic E-state index is -1.18. The summed E-state index contributed by atoms with van der Waals surface area (Å²) in [5, 5.41) is 1.57. The quantitative estimate of drug-likeness (QED) is 0.278. The number of unbranched alkanes of at least 4 members (excludes halogenated alkanes) is 6. The Bertz CT molecular complexity index is 271. The average molecular weight is 303 g/mol. The summed E-state index contributed by atoms with van der Waals surface area (Å²) in [4.78, 5) is 0. The fraction of sp³-hybridized carbons (Fsp3) is 0.882. The zero-order chi connectivity index (χ0) is 14.6. The van der Waals surface area contributed by atoms with Gasteiger partial charge in [-0.25, -0.2) is 0 Å². The molecule has 0 rings (SSSR count). The molecular weight excluding hydrogens is 267 g/mol. The van der Waals surface area contributed by atoms with Gasteiger partial charge in [0.2, 0.25) is 0 Å². The molecule has 0 fully saturated rings. The van der Waals surface area contributed by atoms with Crippen molar-refractivity contribution >= 4 is 17.8 Å². The largest absolute Gasteiger partial charge is 0.0929 e. The molecule has 0 saturated carbocycles. The van der Waals surface area contributed by atoms with Crippen molar-refractivity contribution in [3.63, 3.8) is 0 Å². The highest BCUT2D eigenvalue weighted by molar-refractivity contribution is 8.16. The first-order chi connectivity index (χ1) is 9.10. The molecule has 0 spiro atoms. The molecule has 0 aliphatic carbocycles. The van der Waals surface area contributed by atoms with Crippen LogP contribution in [0, 0.1) is 0 Å². The topological polar surface area (TPSA) is 0 Å². The van der Waals surface area contributed by atoms with Gasteiger partial charge in [0.05, 0.1) is 0 Å². The Morgan fingerprint density at radius 2 is 1.37 bits per heavy atom. The lowest BCUT2D eigenvalue weighted by Crippen LogP contribution is -1.95. The predicted molar refractivity (Wildman–Crippen MR) is 96.4 cm³/mol. The monoisotopic (exact) mass is 302 g/mol. The summed E-state index contributed by atoms with van der Waals surface area (Å²) < 4.78 is 0. The average Bonchev–Trinajstić information content (AvgIpc) is 2.38. The molecule has 114 valence electrons. The summed E-state index contributed by atoms with van der Waals surface area (Å²) in [5.74, 6) is 0. The van der Waals surface area contributed by atoms with Crippen molar-refractivity contribution in [1.29, 1.82) is 0 Å². The third kappa shape index (κ3) is 9.03. The van der Waals surface area contributed by atoms with Gasteiger partial charge in [-0.2, -0.15) is 0 Å². The first-order valence-corrected chi connectivity index (χ1v) is 11.5. The van der Waals surface area contributed by atoms with E-state index in [9.17, 15) is 0 Å². The van der Waals surface area contributed by atoms with E-state index >= 15 is 0 Å². The van der Waals surface area contributed by atoms with Crippen molar-refractivity contribution in [1.82, 2.24) is 0 Å². The van der Waals surface area contributed by atoms with E-state index in [0.29, 0.717) is 0 Å². The molecule has 0 amide bonds. The molecule has 0 radical (unpaired) electrons. The maximum absolute atomic E-state index is 6.00. The number of hydrogen-bond donors (Lipinski definition) is 0. The van der Waals surface area contributed by atoms with Crippen molar-refractivity contribution < 1.29 is 0 Å². The minimum absolute atomic E-state index is 1.18. The molecule has 0 aliphatic rings. The minimum Gasteiger partial charge on any atom is -0.0929 e. The number of hydrogen-bond acceptors (Lipinski definition) is 1. The van der Waals surface area contributed by atoms with Gasteiger partial charge in [-0.05, 0) is 43.4 Å². The third-order valence-electron chi connectivity index (χ3n) is 3.81. The van der Waals surface area contributed by atoms with E-state index in [4.69, 9.17) is 11.8 Å². The molecule has 0 aromatic heterocycles. The second-order valence-electron chi connectivity index (χ2n) is 5.74. The Morgan fingerprint density at radius 1 is 0.842 bits per heavy atom. The van der Waals surface area contributed by atoms with Crippen LogP contribution in [-0.2, 0) is 11.8 Å². The van der Waals surface area contributed by atoms with Crippen molar-refractivity contribution in [3.05, 3.63) is 11.4 Å². The smallest absolute Gasteiger partial charge is 0.0202 e. The highest BCUT2D eigenvalue weighted by Gasteiger charge is 2.16. The van der Waals surface area contributed by atoms with Crippen molar-refractivity contribution in [3.8, 4) is 0 Å². The molecular formula is C17H35PS. The van der Waals surface area contributed by atoms with Gasteiger partial charge in [0, 0.05) is 0 Å². The molecule has 0 bridgehead atoms. The Labute approximate surface area is 127 Å². The van der Waals surface area contributed by atoms with Gasteiger partial charge in [-0.3, -0.25) is 0 Å². The van der Waals surface area contributed by atoms with E-state index in [1.165, 1.54) is 70.1 Å². The number of allylic oxidation sites excluding steroid dienone is 2. The van der Waals surface area contributed by atoms with E-state index in [0.717, 1.165) is 0 Å². The van der Waals surface area contributed by atoms with Crippen LogP contribution in [0.5, 0.6) is 0 Å². The molecule has 0 nitrogen and oxygen atoms in total. The highest BCUT2D eigenvalue weighted by atomic mass is 32.4. The van der Waals surface area contributed by atoms with Crippen LogP contribution in [0.1, 0.15) is 85.5 Å². The van der Waals surface area contributed by atoms with Gasteiger partial charge < -0.3 is 0 Å². The van der Waals surface area contributed by atoms with Crippen LogP contribution in [0.4, 0.5) is 0 Å². The van der Waals surface area contributed by atoms with E-state index in [2.05, 4.69) is 33.8 Å². The van der Waals surface area contributed by atoms with Crippen LogP contribution in [-0.4, -0.2) is 12.3 Å². The summed E-state index contributed by atoms with van der Waals surface area (Å²) in [6, 6.07) is -1.18. The first-order valence-electron chi connectivity index (χ1n) is 8.36. The molecule has 0 aromatic rings. The van der Waals surface area contributed by atoms with Crippen molar-refractivity contribution in [2.75, 3.05) is 12.3 Å². The summed E-state index contributed by atoms with van der Waals surface area (Å²) in [5.41, 5.74) is 0. The normalized spacial score (nSPS) is 12.9. The molecule has 0 unspecified atom stereocenters. The molecule has 0 heterocycles. The Hall–Kier alpha value is 0.390. The van der Waals surface area contributed by atoms with E-state index in [1.807, 2.05) is 0 Å². The van der Waals surface area contributed by atoms with Crippen LogP contribution in [0.2, 0.25) is 0 Å². The Balaban J connectivity index is 4.04. The van der Waals surface area contributed by atoms with Crippen LogP contribution in [0.25, 0.3) is 0 Å². The second-order valence-corrected chi connectivity index (χ2v) is 11.2. The summed E-state index contributed by atoms with van der Waals surface area (Å²) in [6.45, 7) is 9.14. The zero-order valence-corrected chi connectivity index (χ0v) is 15.4. The van der Waals surface area contributed by atoms with Gasteiger partial charge in [-0.15, -0.1) is 0 Å². The van der Waals surface area contributed by atoms with E-state index in [-0.39, 0.29) is 0 Å². The van der Waals surface area contributed by atoms with Gasteiger partial charge in [0.1, 0.15) is 0 Å². The van der Waals surface area contributed by atoms with Gasteiger partial charge in [0.15, 0.2) is 0 Å². The lowest BCUT2D eigenvalue weighted by atomic mass is 10.1. The number of rotatable bonds is 12. The van der Waals surface area contributed by atoms with Gasteiger partial charge in [-0.1, -0.05) is 83.6 Å². The third-order valence-corrected chi connectivity index (χ3v) is 9.58. The fourth-order valence-corrected chi connectivity index (χ4v) is 6.74. The lowest BCUT2D eigenvalue weighted by molar-refractivity contribution is 0.611. The molecule has 0 atom stereocenters. The maximum atomic E-state index is 6.00. The Kier molecular flexibility index (Phi) is 12.4. The van der Waals surface area contributed by atoms with Crippen molar-refractivity contribution in [2.45, 2.75) is 85.5 Å². The second kappa shape index (κ2) is 12.2. The van der Waals surface area contributed by atoms with E-state index < -0.39 is 6.04 Å². The summed E-state index contributed by atoms with van der Waals surface area (Å²) in [7, 11) is 0. The Morgan fingerprint density at radius 3 is 1.89 bits per heavy atom. The molecule has 0 N–H and O–H groups in total. The standard InChI is InChI=1S/C17H35PS/c1-5-8-9-10-11-12-13-14-17(4)18(19,15-6-2)16-7-3/h14H,5-13,15-16H2,1-4H3/b17-14+. The molecule has 0 aliphatic heterocycles. The predicted octanol–water partition coefficient (Wildman–Crippen LogP) is 6.94. The van der Waals surface area contributed by atoms with Crippen molar-refractivity contribution in [2.24, 2.45) is 0 Å². The highest BCUT2D eigenvalue weighted by Crippen LogP contribution is 2.55. The molecule has 19 heavy (non-hydrogen) atoms. The summed E-state index contributed by atoms with van der Waals surface area (Å²) in [6.07, 6.45) is 17.1. The fourth-order valence-electron chi connectivity index (χ4n) is 2.59. The first kappa shape index (κ1) is 19.4. The van der Waals surface area contributed by atoms with Gasteiger partial charge in [0.25, 0.3) is 0 Å². The lowest BCUT2D eigenvalue weighted by Gasteiger charge is -2.22. The zero-order valence-electron chi connectivity index (χ0n) is 13.7. The molecule has 2 heteroatoms.